The van der Waals surface area contributed by atoms with E-state index >= 15 is 0 Å². The lowest BCUT2D eigenvalue weighted by atomic mass is 9.81. The number of carbonyl (C=O) groups excluding carboxylic acids is 1. The molecule has 0 aromatic carbocycles. The number of hydrogen-bond acceptors (Lipinski definition) is 5. The maximum atomic E-state index is 12.6. The van der Waals surface area contributed by atoms with Gasteiger partial charge in [-0.2, -0.15) is 9.40 Å². The average Bonchev–Trinajstić information content (AvgIpc) is 3.05. The van der Waals surface area contributed by atoms with Crippen molar-refractivity contribution in [3.8, 4) is 0 Å². The highest BCUT2D eigenvalue weighted by molar-refractivity contribution is 7.89. The van der Waals surface area contributed by atoms with Crippen molar-refractivity contribution in [3.63, 3.8) is 0 Å². The topological polar surface area (TPSA) is 110 Å². The molecule has 1 aromatic rings. The number of nitrogens with zero attached hydrogens (tertiary/aromatic N) is 3. The molecule has 25 heavy (non-hydrogen) atoms. The van der Waals surface area contributed by atoms with Gasteiger partial charge in [0, 0.05) is 38.9 Å². The molecule has 142 valence electrons. The van der Waals surface area contributed by atoms with Crippen molar-refractivity contribution in [2.75, 3.05) is 19.6 Å². The van der Waals surface area contributed by atoms with E-state index in [0.29, 0.717) is 45.3 Å². The van der Waals surface area contributed by atoms with Gasteiger partial charge in [0.15, 0.2) is 0 Å². The zero-order valence-electron chi connectivity index (χ0n) is 15.2. The second kappa shape index (κ2) is 7.84. The van der Waals surface area contributed by atoms with Gasteiger partial charge in [-0.15, -0.1) is 0 Å². The Kier molecular flexibility index (Phi) is 6.23. The Bertz CT molecular complexity index is 680. The Morgan fingerprint density at radius 3 is 2.40 bits per heavy atom. The first-order chi connectivity index (χ1) is 11.8. The predicted octanol–water partition coefficient (Wildman–Crippen LogP) is 0.455. The Labute approximate surface area is 149 Å². The highest BCUT2D eigenvalue weighted by Gasteiger charge is 2.36. The van der Waals surface area contributed by atoms with Crippen molar-refractivity contribution in [2.45, 2.75) is 50.5 Å². The minimum Gasteiger partial charge on any atom is -0.353 e. The number of carbonyl (C=O) groups is 1. The van der Waals surface area contributed by atoms with Crippen molar-refractivity contribution < 1.29 is 13.2 Å². The van der Waals surface area contributed by atoms with Crippen molar-refractivity contribution in [2.24, 2.45) is 18.2 Å². The van der Waals surface area contributed by atoms with E-state index in [1.807, 2.05) is 13.8 Å². The quantitative estimate of drug-likeness (QED) is 0.723. The molecule has 3 N–H and O–H groups in total. The third kappa shape index (κ3) is 4.04. The number of amides is 1. The second-order valence-corrected chi connectivity index (χ2v) is 8.63. The predicted molar refractivity (Wildman–Crippen MR) is 95.2 cm³/mol. The van der Waals surface area contributed by atoms with Crippen LogP contribution in [0.3, 0.4) is 0 Å². The summed E-state index contributed by atoms with van der Waals surface area (Å²) in [5.41, 5.74) is 5.30. The fraction of sp³-hybridized carbons (Fsp3) is 0.750. The first-order valence-electron chi connectivity index (χ1n) is 8.79. The molecule has 1 fully saturated rings. The van der Waals surface area contributed by atoms with Crippen LogP contribution >= 0.6 is 0 Å². The molecule has 8 nitrogen and oxygen atoms in total. The molecule has 1 aromatic heterocycles. The van der Waals surface area contributed by atoms with Crippen LogP contribution in [0.2, 0.25) is 0 Å². The minimum absolute atomic E-state index is 0.0168. The van der Waals surface area contributed by atoms with Gasteiger partial charge in [0.2, 0.25) is 15.9 Å². The fourth-order valence-electron chi connectivity index (χ4n) is 3.21. The summed E-state index contributed by atoms with van der Waals surface area (Å²) in [5, 5.41) is 7.00. The monoisotopic (exact) mass is 371 g/mol. The molecule has 0 radical (unpaired) electrons. The molecular formula is C16H29N5O3S. The van der Waals surface area contributed by atoms with Crippen LogP contribution in [0.1, 0.15) is 39.5 Å². The fourth-order valence-corrected chi connectivity index (χ4v) is 4.67. The highest BCUT2D eigenvalue weighted by Crippen LogP contribution is 2.26. The standard InChI is InChI=1S/C16H29N5O3S/c1-4-16(5-2,12-17)15(22)19-13-6-8-21(9-7-13)25(23,24)14-10-18-20(3)11-14/h10-11,13H,4-9,12,17H2,1-3H3,(H,19,22). The van der Waals surface area contributed by atoms with Crippen LogP contribution in [-0.2, 0) is 21.9 Å². The Hall–Kier alpha value is -1.45. The zero-order chi connectivity index (χ0) is 18.7. The first-order valence-corrected chi connectivity index (χ1v) is 10.2. The maximum Gasteiger partial charge on any atom is 0.246 e. The molecule has 1 aliphatic rings. The summed E-state index contributed by atoms with van der Waals surface area (Å²) in [5.74, 6) is -0.0198. The summed E-state index contributed by atoms with van der Waals surface area (Å²) < 4.78 is 28.1. The number of nitrogens with two attached hydrogens (primary N) is 1. The van der Waals surface area contributed by atoms with Gasteiger partial charge in [0.05, 0.1) is 11.6 Å². The number of nitrogens with one attached hydrogen (secondary N) is 1. The third-order valence-corrected chi connectivity index (χ3v) is 7.19. The molecule has 9 heteroatoms. The zero-order valence-corrected chi connectivity index (χ0v) is 16.1. The maximum absolute atomic E-state index is 12.6. The third-order valence-electron chi connectivity index (χ3n) is 5.33. The lowest BCUT2D eigenvalue weighted by Crippen LogP contribution is -2.52. The molecule has 2 rings (SSSR count). The van der Waals surface area contributed by atoms with Crippen LogP contribution in [-0.4, -0.2) is 54.1 Å². The molecule has 0 spiro atoms. The van der Waals surface area contributed by atoms with Crippen molar-refractivity contribution >= 4 is 15.9 Å². The van der Waals surface area contributed by atoms with Crippen LogP contribution in [0.5, 0.6) is 0 Å². The molecule has 0 unspecified atom stereocenters. The number of hydrogen-bond donors (Lipinski definition) is 2. The summed E-state index contributed by atoms with van der Waals surface area (Å²) in [4.78, 5) is 12.8. The van der Waals surface area contributed by atoms with E-state index in [2.05, 4.69) is 10.4 Å². The van der Waals surface area contributed by atoms with Gasteiger partial charge in [-0.05, 0) is 25.7 Å². The van der Waals surface area contributed by atoms with Gasteiger partial charge in [0.25, 0.3) is 0 Å². The number of piperidine rings is 1. The largest absolute Gasteiger partial charge is 0.353 e. The summed E-state index contributed by atoms with van der Waals surface area (Å²) >= 11 is 0. The van der Waals surface area contributed by atoms with Gasteiger partial charge in [-0.25, -0.2) is 8.42 Å². The highest BCUT2D eigenvalue weighted by atomic mass is 32.2. The van der Waals surface area contributed by atoms with Crippen molar-refractivity contribution in [1.29, 1.82) is 0 Å². The lowest BCUT2D eigenvalue weighted by Gasteiger charge is -2.35. The van der Waals surface area contributed by atoms with Crippen LogP contribution in [0.25, 0.3) is 0 Å². The Morgan fingerprint density at radius 1 is 1.36 bits per heavy atom. The SMILES string of the molecule is CCC(CC)(CN)C(=O)NC1CCN(S(=O)(=O)c2cnn(C)c2)CC1. The summed E-state index contributed by atoms with van der Waals surface area (Å²) in [7, 11) is -1.83. The number of aryl methyl sites for hydroxylation is 1. The van der Waals surface area contributed by atoms with Gasteiger partial charge in [0.1, 0.15) is 4.90 Å². The molecule has 1 saturated heterocycles. The molecule has 2 heterocycles. The molecule has 1 aliphatic heterocycles. The van der Waals surface area contributed by atoms with Crippen LogP contribution < -0.4 is 11.1 Å². The Morgan fingerprint density at radius 2 is 1.96 bits per heavy atom. The molecule has 0 saturated carbocycles. The van der Waals surface area contributed by atoms with Crippen molar-refractivity contribution in [3.05, 3.63) is 12.4 Å². The van der Waals surface area contributed by atoms with Crippen LogP contribution in [0.15, 0.2) is 17.3 Å². The van der Waals surface area contributed by atoms with Crippen LogP contribution in [0, 0.1) is 5.41 Å². The summed E-state index contributed by atoms with van der Waals surface area (Å²) in [6.07, 6.45) is 5.45. The Balaban J connectivity index is 1.97. The summed E-state index contributed by atoms with van der Waals surface area (Å²) in [6.45, 7) is 5.03. The number of sulfonamides is 1. The second-order valence-electron chi connectivity index (χ2n) is 6.69. The van der Waals surface area contributed by atoms with Gasteiger partial charge < -0.3 is 11.1 Å². The van der Waals surface area contributed by atoms with Crippen molar-refractivity contribution in [1.82, 2.24) is 19.4 Å². The first kappa shape index (κ1) is 19.9. The van der Waals surface area contributed by atoms with E-state index in [1.54, 1.807) is 7.05 Å². The normalized spacial score (nSPS) is 17.6. The smallest absolute Gasteiger partial charge is 0.246 e. The molecule has 0 aliphatic carbocycles. The lowest BCUT2D eigenvalue weighted by molar-refractivity contribution is -0.132. The van der Waals surface area contributed by atoms with E-state index in [9.17, 15) is 13.2 Å². The van der Waals surface area contributed by atoms with E-state index in [1.165, 1.54) is 21.4 Å². The molecule has 0 atom stereocenters. The van der Waals surface area contributed by atoms with E-state index in [-0.39, 0.29) is 16.8 Å². The minimum atomic E-state index is -3.52. The number of aromatic nitrogens is 2. The molecule has 0 bridgehead atoms. The van der Waals surface area contributed by atoms with E-state index < -0.39 is 15.4 Å². The van der Waals surface area contributed by atoms with Crippen LogP contribution in [0.4, 0.5) is 0 Å². The average molecular weight is 372 g/mol. The van der Waals surface area contributed by atoms with E-state index in [0.717, 1.165) is 0 Å². The van der Waals surface area contributed by atoms with Gasteiger partial charge >= 0.3 is 0 Å². The van der Waals surface area contributed by atoms with Gasteiger partial charge in [-0.1, -0.05) is 13.8 Å². The van der Waals surface area contributed by atoms with E-state index in [4.69, 9.17) is 5.73 Å². The summed E-state index contributed by atoms with van der Waals surface area (Å²) in [6, 6.07) is -0.0168. The molecule has 1 amide bonds. The molecular weight excluding hydrogens is 342 g/mol. The van der Waals surface area contributed by atoms with Gasteiger partial charge in [-0.3, -0.25) is 9.48 Å². The number of rotatable bonds is 7.